The molecule has 0 saturated carbocycles. The van der Waals surface area contributed by atoms with E-state index in [9.17, 15) is 9.59 Å². The molecule has 0 unspecified atom stereocenters. The number of halogens is 1. The fourth-order valence-corrected chi connectivity index (χ4v) is 1.93. The number of hydrogen-bond donors (Lipinski definition) is 1. The van der Waals surface area contributed by atoms with Crippen LogP contribution in [0.2, 0.25) is 0 Å². The molecule has 2 aromatic rings. The maximum absolute atomic E-state index is 11.6. The number of fused-ring (bicyclic) bond motifs is 1. The number of carbonyl (C=O) groups excluding carboxylic acids is 1. The van der Waals surface area contributed by atoms with E-state index < -0.39 is 5.91 Å². The van der Waals surface area contributed by atoms with Crippen LogP contribution < -0.4 is 11.2 Å². The quantitative estimate of drug-likeness (QED) is 0.900. The van der Waals surface area contributed by atoms with E-state index in [1.807, 2.05) is 0 Å². The van der Waals surface area contributed by atoms with Gasteiger partial charge < -0.3 is 10.3 Å². The van der Waals surface area contributed by atoms with E-state index in [0.717, 1.165) is 4.47 Å². The van der Waals surface area contributed by atoms with Gasteiger partial charge in [-0.15, -0.1) is 0 Å². The molecule has 1 aromatic heterocycles. The zero-order valence-corrected chi connectivity index (χ0v) is 9.90. The topological polar surface area (TPSA) is 65.1 Å². The molecule has 0 radical (unpaired) electrons. The molecule has 0 fully saturated rings. The number of primary amides is 1. The summed E-state index contributed by atoms with van der Waals surface area (Å²) in [6.45, 7) is 0.0627. The van der Waals surface area contributed by atoms with Crippen LogP contribution >= 0.6 is 15.9 Å². The van der Waals surface area contributed by atoms with Crippen molar-refractivity contribution >= 4 is 32.7 Å². The molecule has 16 heavy (non-hydrogen) atoms. The standard InChI is InChI=1S/C11H9BrN2O2/c12-7-1-2-8-9(5-7)14(6-11(13)16)4-3-10(8)15/h1-5H,6H2,(H2,13,16). The van der Waals surface area contributed by atoms with Crippen molar-refractivity contribution in [1.82, 2.24) is 4.57 Å². The van der Waals surface area contributed by atoms with Crippen LogP contribution in [0.15, 0.2) is 39.7 Å². The highest BCUT2D eigenvalue weighted by Crippen LogP contribution is 2.17. The molecule has 1 heterocycles. The lowest BCUT2D eigenvalue weighted by Crippen LogP contribution is -2.20. The zero-order valence-electron chi connectivity index (χ0n) is 8.31. The SMILES string of the molecule is NC(=O)Cn1ccc(=O)c2ccc(Br)cc21. The molecule has 0 bridgehead atoms. The van der Waals surface area contributed by atoms with E-state index in [1.165, 1.54) is 6.07 Å². The molecule has 5 heteroatoms. The molecule has 0 aliphatic heterocycles. The van der Waals surface area contributed by atoms with E-state index in [1.54, 1.807) is 29.0 Å². The Balaban J connectivity index is 2.75. The largest absolute Gasteiger partial charge is 0.368 e. The highest BCUT2D eigenvalue weighted by atomic mass is 79.9. The first-order valence-electron chi connectivity index (χ1n) is 4.65. The van der Waals surface area contributed by atoms with Gasteiger partial charge in [0.1, 0.15) is 6.54 Å². The van der Waals surface area contributed by atoms with Crippen LogP contribution in [0.1, 0.15) is 0 Å². The van der Waals surface area contributed by atoms with Crippen molar-refractivity contribution in [2.24, 2.45) is 5.73 Å². The first kappa shape index (κ1) is 10.9. The lowest BCUT2D eigenvalue weighted by Gasteiger charge is -2.08. The van der Waals surface area contributed by atoms with Gasteiger partial charge in [0.05, 0.1) is 5.52 Å². The lowest BCUT2D eigenvalue weighted by molar-refractivity contribution is -0.118. The van der Waals surface area contributed by atoms with Gasteiger partial charge in [-0.1, -0.05) is 15.9 Å². The van der Waals surface area contributed by atoms with E-state index >= 15 is 0 Å². The molecule has 1 amide bonds. The Kier molecular flexibility index (Phi) is 2.78. The van der Waals surface area contributed by atoms with Crippen molar-refractivity contribution < 1.29 is 4.79 Å². The maximum atomic E-state index is 11.6. The highest BCUT2D eigenvalue weighted by molar-refractivity contribution is 9.10. The molecule has 82 valence electrons. The molecular weight excluding hydrogens is 272 g/mol. The van der Waals surface area contributed by atoms with Crippen LogP contribution in [0, 0.1) is 0 Å². The lowest BCUT2D eigenvalue weighted by atomic mass is 10.2. The average Bonchev–Trinajstić information content (AvgIpc) is 2.22. The smallest absolute Gasteiger partial charge is 0.237 e. The fourth-order valence-electron chi connectivity index (χ4n) is 1.58. The van der Waals surface area contributed by atoms with Gasteiger partial charge in [-0.25, -0.2) is 0 Å². The third kappa shape index (κ3) is 1.99. The molecule has 0 spiro atoms. The number of hydrogen-bond acceptors (Lipinski definition) is 2. The van der Waals surface area contributed by atoms with Crippen molar-refractivity contribution in [3.8, 4) is 0 Å². The Hall–Kier alpha value is -1.62. The predicted octanol–water partition coefficient (Wildman–Crippen LogP) is 1.25. The van der Waals surface area contributed by atoms with Crippen molar-refractivity contribution in [2.45, 2.75) is 6.54 Å². The summed E-state index contributed by atoms with van der Waals surface area (Å²) < 4.78 is 2.51. The van der Waals surface area contributed by atoms with E-state index in [-0.39, 0.29) is 12.0 Å². The fraction of sp³-hybridized carbons (Fsp3) is 0.0909. The van der Waals surface area contributed by atoms with E-state index in [2.05, 4.69) is 15.9 Å². The van der Waals surface area contributed by atoms with Gasteiger partial charge in [-0.3, -0.25) is 9.59 Å². The number of aromatic nitrogens is 1. The predicted molar refractivity (Wildman–Crippen MR) is 65.1 cm³/mol. The Morgan fingerprint density at radius 1 is 1.38 bits per heavy atom. The van der Waals surface area contributed by atoms with E-state index in [4.69, 9.17) is 5.73 Å². The number of rotatable bonds is 2. The minimum Gasteiger partial charge on any atom is -0.368 e. The Morgan fingerprint density at radius 3 is 2.81 bits per heavy atom. The van der Waals surface area contributed by atoms with E-state index in [0.29, 0.717) is 10.9 Å². The summed E-state index contributed by atoms with van der Waals surface area (Å²) in [5.41, 5.74) is 5.77. The molecule has 4 nitrogen and oxygen atoms in total. The van der Waals surface area contributed by atoms with Crippen molar-refractivity contribution in [1.29, 1.82) is 0 Å². The average molecular weight is 281 g/mol. The second kappa shape index (κ2) is 4.09. The highest BCUT2D eigenvalue weighted by Gasteiger charge is 2.04. The van der Waals surface area contributed by atoms with Gasteiger partial charge in [0.25, 0.3) is 0 Å². The van der Waals surface area contributed by atoms with Crippen LogP contribution in [0.3, 0.4) is 0 Å². The van der Waals surface area contributed by atoms with Crippen LogP contribution in [0.25, 0.3) is 10.9 Å². The zero-order chi connectivity index (χ0) is 11.7. The summed E-state index contributed by atoms with van der Waals surface area (Å²) in [7, 11) is 0. The maximum Gasteiger partial charge on any atom is 0.237 e. The molecule has 2 rings (SSSR count). The van der Waals surface area contributed by atoms with Crippen LogP contribution in [-0.4, -0.2) is 10.5 Å². The van der Waals surface area contributed by atoms with Gasteiger partial charge in [0.15, 0.2) is 5.43 Å². The summed E-state index contributed by atoms with van der Waals surface area (Å²) >= 11 is 3.33. The molecule has 0 saturated heterocycles. The summed E-state index contributed by atoms with van der Waals surface area (Å²) in [6.07, 6.45) is 1.57. The number of amides is 1. The minimum absolute atomic E-state index is 0.0627. The normalized spacial score (nSPS) is 10.6. The van der Waals surface area contributed by atoms with Crippen molar-refractivity contribution in [3.63, 3.8) is 0 Å². The Morgan fingerprint density at radius 2 is 2.12 bits per heavy atom. The molecule has 1 aromatic carbocycles. The van der Waals surface area contributed by atoms with Crippen molar-refractivity contribution in [2.75, 3.05) is 0 Å². The summed E-state index contributed by atoms with van der Waals surface area (Å²) in [5.74, 6) is -0.440. The minimum atomic E-state index is -0.440. The second-order valence-corrected chi connectivity index (χ2v) is 4.35. The number of carbonyl (C=O) groups is 1. The number of nitrogens with two attached hydrogens (primary N) is 1. The first-order chi connectivity index (χ1) is 7.58. The Labute approximate surface area is 99.8 Å². The van der Waals surface area contributed by atoms with Gasteiger partial charge in [0.2, 0.25) is 5.91 Å². The Bertz CT molecular complexity index is 619. The number of benzene rings is 1. The van der Waals surface area contributed by atoms with Crippen LogP contribution in [0.4, 0.5) is 0 Å². The summed E-state index contributed by atoms with van der Waals surface area (Å²) in [5, 5.41) is 0.576. The van der Waals surface area contributed by atoms with Gasteiger partial charge in [-0.2, -0.15) is 0 Å². The monoisotopic (exact) mass is 280 g/mol. The van der Waals surface area contributed by atoms with Crippen LogP contribution in [-0.2, 0) is 11.3 Å². The van der Waals surface area contributed by atoms with Crippen LogP contribution in [0.5, 0.6) is 0 Å². The third-order valence-electron chi connectivity index (χ3n) is 2.27. The van der Waals surface area contributed by atoms with Crippen molar-refractivity contribution in [3.05, 3.63) is 45.2 Å². The van der Waals surface area contributed by atoms with Gasteiger partial charge in [0, 0.05) is 22.1 Å². The van der Waals surface area contributed by atoms with Gasteiger partial charge >= 0.3 is 0 Å². The number of nitrogens with zero attached hydrogens (tertiary/aromatic N) is 1. The summed E-state index contributed by atoms with van der Waals surface area (Å²) in [6, 6.07) is 6.73. The number of pyridine rings is 1. The second-order valence-electron chi connectivity index (χ2n) is 3.44. The molecule has 2 N–H and O–H groups in total. The summed E-state index contributed by atoms with van der Waals surface area (Å²) in [4.78, 5) is 22.5. The first-order valence-corrected chi connectivity index (χ1v) is 5.44. The molecule has 0 atom stereocenters. The molecule has 0 aliphatic carbocycles. The molecule has 0 aliphatic rings. The molecular formula is C11H9BrN2O2. The third-order valence-corrected chi connectivity index (χ3v) is 2.76. The van der Waals surface area contributed by atoms with Gasteiger partial charge in [-0.05, 0) is 18.2 Å².